The van der Waals surface area contributed by atoms with Gasteiger partial charge >= 0.3 is 11.8 Å². The minimum atomic E-state index is -0.547. The molecule has 6 heteroatoms. The first-order chi connectivity index (χ1) is 12.6. The Morgan fingerprint density at radius 3 is 2.19 bits per heavy atom. The summed E-state index contributed by atoms with van der Waals surface area (Å²) in [5.74, 6) is -0.181. The Morgan fingerprint density at radius 1 is 1.00 bits per heavy atom. The zero-order valence-corrected chi connectivity index (χ0v) is 15.9. The average molecular weight is 358 g/mol. The second-order valence-electron chi connectivity index (χ2n) is 7.40. The van der Waals surface area contributed by atoms with E-state index >= 15 is 0 Å². The van der Waals surface area contributed by atoms with Crippen LogP contribution in [0.5, 0.6) is 0 Å². The molecule has 2 fully saturated rings. The van der Waals surface area contributed by atoms with Crippen molar-refractivity contribution in [2.75, 3.05) is 56.0 Å². The first-order valence-electron chi connectivity index (χ1n) is 9.74. The van der Waals surface area contributed by atoms with E-state index in [2.05, 4.69) is 29.0 Å². The molecule has 1 aromatic carbocycles. The standard InChI is InChI=1S/C20H30N4O2/c1-3-22-12-14-24(15-13-22)20(26)19(25)21-17-4-6-18(7-5-17)23-10-8-16(2)9-11-23/h4-7,16H,3,8-15H2,1-2H3,(H,21,25). The van der Waals surface area contributed by atoms with Gasteiger partial charge in [0.1, 0.15) is 0 Å². The minimum Gasteiger partial charge on any atom is -0.372 e. The highest BCUT2D eigenvalue weighted by Gasteiger charge is 2.25. The molecule has 0 radical (unpaired) electrons. The van der Waals surface area contributed by atoms with Crippen LogP contribution in [0.1, 0.15) is 26.7 Å². The Balaban J connectivity index is 1.52. The van der Waals surface area contributed by atoms with E-state index in [4.69, 9.17) is 0 Å². The number of nitrogens with zero attached hydrogens (tertiary/aromatic N) is 3. The molecule has 1 N–H and O–H groups in total. The molecule has 0 aliphatic carbocycles. The molecule has 2 aliphatic heterocycles. The molecule has 3 rings (SSSR count). The van der Waals surface area contributed by atoms with Gasteiger partial charge in [0.25, 0.3) is 0 Å². The zero-order valence-electron chi connectivity index (χ0n) is 15.9. The lowest BCUT2D eigenvalue weighted by Gasteiger charge is -2.33. The minimum absolute atomic E-state index is 0.435. The molecule has 142 valence electrons. The quantitative estimate of drug-likeness (QED) is 0.840. The van der Waals surface area contributed by atoms with Crippen LogP contribution in [0, 0.1) is 5.92 Å². The Morgan fingerprint density at radius 2 is 1.62 bits per heavy atom. The highest BCUT2D eigenvalue weighted by atomic mass is 16.2. The molecule has 0 spiro atoms. The van der Waals surface area contributed by atoms with Crippen LogP contribution in [0.4, 0.5) is 11.4 Å². The molecule has 0 saturated carbocycles. The van der Waals surface area contributed by atoms with E-state index < -0.39 is 11.8 Å². The number of anilines is 2. The predicted octanol–water partition coefficient (Wildman–Crippen LogP) is 2.03. The topological polar surface area (TPSA) is 55.9 Å². The van der Waals surface area contributed by atoms with E-state index in [1.54, 1.807) is 4.90 Å². The number of piperazine rings is 1. The van der Waals surface area contributed by atoms with E-state index in [0.717, 1.165) is 38.6 Å². The number of rotatable bonds is 3. The van der Waals surface area contributed by atoms with Crippen molar-refractivity contribution in [3.63, 3.8) is 0 Å². The van der Waals surface area contributed by atoms with Crippen LogP contribution in [-0.2, 0) is 9.59 Å². The summed E-state index contributed by atoms with van der Waals surface area (Å²) in [6.07, 6.45) is 2.44. The summed E-state index contributed by atoms with van der Waals surface area (Å²) in [6.45, 7) is 10.4. The van der Waals surface area contributed by atoms with Crippen LogP contribution >= 0.6 is 0 Å². The average Bonchev–Trinajstić information content (AvgIpc) is 2.69. The van der Waals surface area contributed by atoms with Crippen LogP contribution < -0.4 is 10.2 Å². The number of amides is 2. The van der Waals surface area contributed by atoms with E-state index in [0.29, 0.717) is 18.8 Å². The number of benzene rings is 1. The summed E-state index contributed by atoms with van der Waals surface area (Å²) in [7, 11) is 0. The second kappa shape index (κ2) is 8.54. The third-order valence-corrected chi connectivity index (χ3v) is 5.57. The first-order valence-corrected chi connectivity index (χ1v) is 9.74. The van der Waals surface area contributed by atoms with Crippen molar-refractivity contribution in [3.8, 4) is 0 Å². The van der Waals surface area contributed by atoms with Gasteiger partial charge in [-0.1, -0.05) is 13.8 Å². The third-order valence-electron chi connectivity index (χ3n) is 5.57. The fourth-order valence-electron chi connectivity index (χ4n) is 3.62. The van der Waals surface area contributed by atoms with E-state index in [1.807, 2.05) is 24.3 Å². The second-order valence-corrected chi connectivity index (χ2v) is 7.40. The van der Waals surface area contributed by atoms with Gasteiger partial charge < -0.3 is 20.0 Å². The largest absolute Gasteiger partial charge is 0.372 e. The van der Waals surface area contributed by atoms with Crippen molar-refractivity contribution in [2.45, 2.75) is 26.7 Å². The van der Waals surface area contributed by atoms with Gasteiger partial charge in [0, 0.05) is 50.6 Å². The van der Waals surface area contributed by atoms with Crippen molar-refractivity contribution in [3.05, 3.63) is 24.3 Å². The van der Waals surface area contributed by atoms with Gasteiger partial charge in [-0.3, -0.25) is 9.59 Å². The fourth-order valence-corrected chi connectivity index (χ4v) is 3.62. The maximum absolute atomic E-state index is 12.3. The maximum Gasteiger partial charge on any atom is 0.313 e. The maximum atomic E-state index is 12.3. The molecule has 2 saturated heterocycles. The van der Waals surface area contributed by atoms with Gasteiger partial charge in [-0.2, -0.15) is 0 Å². The van der Waals surface area contributed by atoms with Crippen molar-refractivity contribution in [1.82, 2.24) is 9.80 Å². The van der Waals surface area contributed by atoms with Crippen molar-refractivity contribution >= 4 is 23.2 Å². The summed E-state index contributed by atoms with van der Waals surface area (Å²) < 4.78 is 0. The Labute approximate surface area is 156 Å². The molecular weight excluding hydrogens is 328 g/mol. The van der Waals surface area contributed by atoms with Crippen LogP contribution in [-0.4, -0.2) is 67.4 Å². The Hall–Kier alpha value is -2.08. The van der Waals surface area contributed by atoms with E-state index in [1.165, 1.54) is 18.5 Å². The van der Waals surface area contributed by atoms with Gasteiger partial charge in [-0.25, -0.2) is 0 Å². The number of carbonyl (C=O) groups is 2. The molecule has 0 aromatic heterocycles. The summed E-state index contributed by atoms with van der Waals surface area (Å²) >= 11 is 0. The predicted molar refractivity (Wildman–Crippen MR) is 104 cm³/mol. The number of hydrogen-bond donors (Lipinski definition) is 1. The van der Waals surface area contributed by atoms with Crippen LogP contribution in [0.2, 0.25) is 0 Å². The lowest BCUT2D eigenvalue weighted by atomic mass is 9.99. The molecule has 6 nitrogen and oxygen atoms in total. The van der Waals surface area contributed by atoms with Gasteiger partial charge in [0.2, 0.25) is 0 Å². The van der Waals surface area contributed by atoms with E-state index in [-0.39, 0.29) is 0 Å². The molecule has 26 heavy (non-hydrogen) atoms. The van der Waals surface area contributed by atoms with Crippen LogP contribution in [0.25, 0.3) is 0 Å². The fraction of sp³-hybridized carbons (Fsp3) is 0.600. The molecule has 2 aliphatic rings. The molecular formula is C20H30N4O2. The SMILES string of the molecule is CCN1CCN(C(=O)C(=O)Nc2ccc(N3CCC(C)CC3)cc2)CC1. The van der Waals surface area contributed by atoms with Crippen LogP contribution in [0.3, 0.4) is 0 Å². The van der Waals surface area contributed by atoms with Gasteiger partial charge in [0.05, 0.1) is 0 Å². The first kappa shape index (κ1) is 18.7. The van der Waals surface area contributed by atoms with Gasteiger partial charge in [0.15, 0.2) is 0 Å². The smallest absolute Gasteiger partial charge is 0.313 e. The molecule has 1 aromatic rings. The van der Waals surface area contributed by atoms with Gasteiger partial charge in [-0.05, 0) is 49.6 Å². The molecule has 0 unspecified atom stereocenters. The number of carbonyl (C=O) groups excluding carboxylic acids is 2. The summed E-state index contributed by atoms with van der Waals surface area (Å²) in [6, 6.07) is 7.81. The highest BCUT2D eigenvalue weighted by Crippen LogP contribution is 2.24. The normalized spacial score (nSPS) is 19.5. The van der Waals surface area contributed by atoms with Gasteiger partial charge in [-0.15, -0.1) is 0 Å². The van der Waals surface area contributed by atoms with Crippen molar-refractivity contribution in [2.24, 2.45) is 5.92 Å². The monoisotopic (exact) mass is 358 g/mol. The number of hydrogen-bond acceptors (Lipinski definition) is 4. The Kier molecular flexibility index (Phi) is 6.14. The number of likely N-dealkylation sites (N-methyl/N-ethyl adjacent to an activating group) is 1. The van der Waals surface area contributed by atoms with Crippen molar-refractivity contribution in [1.29, 1.82) is 0 Å². The zero-order chi connectivity index (χ0) is 18.5. The number of piperidine rings is 1. The summed E-state index contributed by atoms with van der Waals surface area (Å²) in [5.41, 5.74) is 1.85. The van der Waals surface area contributed by atoms with Crippen LogP contribution in [0.15, 0.2) is 24.3 Å². The summed E-state index contributed by atoms with van der Waals surface area (Å²) in [4.78, 5) is 30.9. The van der Waals surface area contributed by atoms with E-state index in [9.17, 15) is 9.59 Å². The lowest BCUT2D eigenvalue weighted by molar-refractivity contribution is -0.144. The Bertz CT molecular complexity index is 615. The molecule has 2 heterocycles. The third kappa shape index (κ3) is 4.55. The lowest BCUT2D eigenvalue weighted by Crippen LogP contribution is -2.51. The highest BCUT2D eigenvalue weighted by molar-refractivity contribution is 6.39. The number of nitrogens with one attached hydrogen (secondary N) is 1. The summed E-state index contributed by atoms with van der Waals surface area (Å²) in [5, 5.41) is 2.74. The molecule has 2 amide bonds. The molecule has 0 atom stereocenters. The van der Waals surface area contributed by atoms with Crippen molar-refractivity contribution < 1.29 is 9.59 Å². The molecule has 0 bridgehead atoms.